The van der Waals surface area contributed by atoms with Crippen LogP contribution in [0.1, 0.15) is 35.6 Å². The van der Waals surface area contributed by atoms with Gasteiger partial charge in [-0.2, -0.15) is 0 Å². The summed E-state index contributed by atoms with van der Waals surface area (Å²) in [6.45, 7) is 0.751. The summed E-state index contributed by atoms with van der Waals surface area (Å²) in [6.07, 6.45) is 9.96. The fraction of sp³-hybridized carbons (Fsp3) is 0.0625. The predicted octanol–water partition coefficient (Wildman–Crippen LogP) is 11.5. The van der Waals surface area contributed by atoms with E-state index in [2.05, 4.69) is 156 Å². The van der Waals surface area contributed by atoms with Crippen LogP contribution in [-0.4, -0.2) is 32.4 Å². The van der Waals surface area contributed by atoms with Crippen LogP contribution in [-0.2, 0) is 4.79 Å². The molecule has 3 aromatic heterocycles. The molecule has 3 aliphatic heterocycles. The van der Waals surface area contributed by atoms with E-state index in [1.807, 2.05) is 23.1 Å². The van der Waals surface area contributed by atoms with Crippen molar-refractivity contribution in [2.24, 2.45) is 0 Å². The zero-order valence-electron chi connectivity index (χ0n) is 29.5. The number of fused-ring (bicyclic) bond motifs is 8. The van der Waals surface area contributed by atoms with E-state index >= 15 is 0 Å². The van der Waals surface area contributed by atoms with Gasteiger partial charge in [0.05, 0.1) is 22.8 Å². The number of hydrogen-bond donors (Lipinski definition) is 2. The first-order chi connectivity index (χ1) is 26.7. The van der Waals surface area contributed by atoms with Crippen LogP contribution in [0.15, 0.2) is 140 Å². The molecule has 7 aromatic rings. The van der Waals surface area contributed by atoms with Gasteiger partial charge in [0.15, 0.2) is 0 Å². The highest BCUT2D eigenvalue weighted by molar-refractivity contribution is 6.00. The third-order valence-corrected chi connectivity index (χ3v) is 10.5. The van der Waals surface area contributed by atoms with E-state index < -0.39 is 0 Å². The van der Waals surface area contributed by atoms with Gasteiger partial charge in [-0.05, 0) is 89.4 Å². The molecule has 1 amide bonds. The summed E-state index contributed by atoms with van der Waals surface area (Å²) in [7, 11) is 0. The van der Waals surface area contributed by atoms with Gasteiger partial charge in [0.25, 0.3) is 0 Å². The Morgan fingerprint density at radius 2 is 0.778 bits per heavy atom. The van der Waals surface area contributed by atoms with E-state index in [4.69, 9.17) is 9.97 Å². The molecule has 54 heavy (non-hydrogen) atoms. The monoisotopic (exact) mass is 697 g/mol. The number of hydrogen-bond acceptors (Lipinski definition) is 3. The topological polar surface area (TPSA) is 77.7 Å². The Balaban J connectivity index is 1.33. The second-order valence-electron chi connectivity index (χ2n) is 13.8. The number of anilines is 1. The summed E-state index contributed by atoms with van der Waals surface area (Å²) < 4.78 is 0. The zero-order chi connectivity index (χ0) is 36.0. The minimum Gasteiger partial charge on any atom is -0.354 e. The number of aromatic nitrogens is 4. The molecule has 8 bridgehead atoms. The van der Waals surface area contributed by atoms with Gasteiger partial charge in [0.1, 0.15) is 0 Å². The Hall–Kier alpha value is -7.05. The highest BCUT2D eigenvalue weighted by atomic mass is 16.2. The molecular formula is C48H35N5O. The summed E-state index contributed by atoms with van der Waals surface area (Å²) in [5, 5.41) is 0. The lowest BCUT2D eigenvalue weighted by molar-refractivity contribution is -0.117. The molecular weight excluding hydrogens is 663 g/mol. The molecule has 1 fully saturated rings. The van der Waals surface area contributed by atoms with Gasteiger partial charge in [-0.25, -0.2) is 9.97 Å². The van der Waals surface area contributed by atoms with Crippen molar-refractivity contribution in [3.05, 3.63) is 162 Å². The van der Waals surface area contributed by atoms with E-state index in [0.29, 0.717) is 6.42 Å². The van der Waals surface area contributed by atoms with Crippen molar-refractivity contribution in [3.63, 3.8) is 0 Å². The number of H-pyrrole nitrogens is 2. The molecule has 6 nitrogen and oxygen atoms in total. The van der Waals surface area contributed by atoms with Gasteiger partial charge >= 0.3 is 0 Å². The Morgan fingerprint density at radius 3 is 1.11 bits per heavy atom. The SMILES string of the molecule is O=C1CCCN1c1ccc(-c2c3nc(c(-c4ccccc4)c4ccc([nH]4)c(-c4ccccc4)c4nc(c(-c5ccccc5)c5ccc2[nH]5)C=C4)C=C3)cc1. The van der Waals surface area contributed by atoms with Gasteiger partial charge in [-0.3, -0.25) is 4.79 Å². The molecule has 10 rings (SSSR count). The van der Waals surface area contributed by atoms with Crippen molar-refractivity contribution in [2.75, 3.05) is 11.4 Å². The van der Waals surface area contributed by atoms with E-state index in [1.54, 1.807) is 0 Å². The Kier molecular flexibility index (Phi) is 7.73. The first-order valence-corrected chi connectivity index (χ1v) is 18.4. The predicted molar refractivity (Wildman–Crippen MR) is 222 cm³/mol. The van der Waals surface area contributed by atoms with Gasteiger partial charge in [0.2, 0.25) is 5.91 Å². The number of amides is 1. The number of rotatable bonds is 5. The maximum absolute atomic E-state index is 12.6. The summed E-state index contributed by atoms with van der Waals surface area (Å²) in [6, 6.07) is 48.3. The van der Waals surface area contributed by atoms with Crippen molar-refractivity contribution in [2.45, 2.75) is 12.8 Å². The standard InChI is InChI=1S/C48H35N5O/c54-44-17-10-30-53(44)35-20-18-34(19-21-35)48-42-28-26-40(51-42)46(32-13-6-2-7-14-32)38-24-22-36(49-38)45(31-11-4-1-5-12-31)37-23-25-39(50-37)47(33-15-8-3-9-16-33)41-27-29-43(48)52-41/h1-9,11-16,18-29,49,52H,10,17,30H2. The largest absolute Gasteiger partial charge is 0.354 e. The van der Waals surface area contributed by atoms with Gasteiger partial charge < -0.3 is 14.9 Å². The fourth-order valence-corrected chi connectivity index (χ4v) is 7.96. The lowest BCUT2D eigenvalue weighted by Crippen LogP contribution is -2.23. The molecule has 0 aliphatic carbocycles. The van der Waals surface area contributed by atoms with Crippen molar-refractivity contribution >= 4 is 58.0 Å². The Labute approximate surface area is 312 Å². The molecule has 6 heterocycles. The third kappa shape index (κ3) is 5.56. The summed E-state index contributed by atoms with van der Waals surface area (Å²) in [5.74, 6) is 0.176. The molecule has 0 spiro atoms. The number of nitrogens with one attached hydrogen (secondary N) is 2. The Bertz CT molecular complexity index is 2760. The number of aromatic amines is 2. The molecule has 0 radical (unpaired) electrons. The van der Waals surface area contributed by atoms with Gasteiger partial charge in [0, 0.05) is 63.0 Å². The molecule has 0 unspecified atom stereocenters. The first kappa shape index (κ1) is 31.7. The van der Waals surface area contributed by atoms with Crippen LogP contribution in [0.2, 0.25) is 0 Å². The van der Waals surface area contributed by atoms with Crippen molar-refractivity contribution in [1.29, 1.82) is 0 Å². The minimum absolute atomic E-state index is 0.176. The van der Waals surface area contributed by atoms with Crippen LogP contribution in [0.3, 0.4) is 0 Å². The quantitative estimate of drug-likeness (QED) is 0.188. The molecule has 6 heteroatoms. The number of nitrogens with zero attached hydrogens (tertiary/aromatic N) is 3. The molecule has 1 saturated heterocycles. The molecule has 258 valence electrons. The lowest BCUT2D eigenvalue weighted by Gasteiger charge is -2.16. The molecule has 0 saturated carbocycles. The zero-order valence-corrected chi connectivity index (χ0v) is 29.5. The van der Waals surface area contributed by atoms with Crippen LogP contribution >= 0.6 is 0 Å². The van der Waals surface area contributed by atoms with Crippen LogP contribution in [0.4, 0.5) is 5.69 Å². The van der Waals surface area contributed by atoms with Crippen molar-refractivity contribution in [1.82, 2.24) is 19.9 Å². The van der Waals surface area contributed by atoms with Crippen LogP contribution in [0, 0.1) is 0 Å². The average molecular weight is 698 g/mol. The van der Waals surface area contributed by atoms with Crippen LogP contribution < -0.4 is 4.90 Å². The van der Waals surface area contributed by atoms with E-state index in [0.717, 1.165) is 108 Å². The summed E-state index contributed by atoms with van der Waals surface area (Å²) in [5.41, 5.74) is 16.5. The lowest BCUT2D eigenvalue weighted by atomic mass is 10.0. The average Bonchev–Trinajstić information content (AvgIpc) is 4.08. The minimum atomic E-state index is 0.176. The smallest absolute Gasteiger partial charge is 0.227 e. The molecule has 4 aromatic carbocycles. The van der Waals surface area contributed by atoms with Crippen LogP contribution in [0.25, 0.3) is 90.9 Å². The highest BCUT2D eigenvalue weighted by Gasteiger charge is 2.23. The van der Waals surface area contributed by atoms with Crippen molar-refractivity contribution in [3.8, 4) is 44.5 Å². The van der Waals surface area contributed by atoms with E-state index in [1.165, 1.54) is 0 Å². The number of carbonyl (C=O) groups excluding carboxylic acids is 1. The maximum atomic E-state index is 12.6. The van der Waals surface area contributed by atoms with E-state index in [9.17, 15) is 4.79 Å². The highest BCUT2D eigenvalue weighted by Crippen LogP contribution is 2.38. The number of carbonyl (C=O) groups is 1. The molecule has 2 N–H and O–H groups in total. The van der Waals surface area contributed by atoms with E-state index in [-0.39, 0.29) is 5.91 Å². The first-order valence-electron chi connectivity index (χ1n) is 18.4. The van der Waals surface area contributed by atoms with Gasteiger partial charge in [-0.15, -0.1) is 0 Å². The second kappa shape index (κ2) is 13.2. The van der Waals surface area contributed by atoms with Gasteiger partial charge in [-0.1, -0.05) is 103 Å². The maximum Gasteiger partial charge on any atom is 0.227 e. The van der Waals surface area contributed by atoms with Crippen molar-refractivity contribution < 1.29 is 4.79 Å². The second-order valence-corrected chi connectivity index (χ2v) is 13.8. The summed E-state index contributed by atoms with van der Waals surface area (Å²) in [4.78, 5) is 32.9. The Morgan fingerprint density at radius 1 is 0.426 bits per heavy atom. The molecule has 3 aliphatic rings. The summed E-state index contributed by atoms with van der Waals surface area (Å²) >= 11 is 0. The van der Waals surface area contributed by atoms with Crippen LogP contribution in [0.5, 0.6) is 0 Å². The third-order valence-electron chi connectivity index (χ3n) is 10.5. The molecule has 0 atom stereocenters. The normalized spacial score (nSPS) is 13.6. The fourth-order valence-electron chi connectivity index (χ4n) is 7.96. The number of benzene rings is 4.